The van der Waals surface area contributed by atoms with E-state index in [0.29, 0.717) is 25.2 Å². The van der Waals surface area contributed by atoms with E-state index in [2.05, 4.69) is 10.3 Å². The normalized spacial score (nSPS) is 17.2. The van der Waals surface area contributed by atoms with Gasteiger partial charge >= 0.3 is 0 Å². The molecule has 0 aliphatic carbocycles. The number of benzene rings is 1. The highest BCUT2D eigenvalue weighted by Crippen LogP contribution is 2.19. The molecule has 5 nitrogen and oxygen atoms in total. The minimum atomic E-state index is -0.153. The Morgan fingerprint density at radius 2 is 2.04 bits per heavy atom. The van der Waals surface area contributed by atoms with E-state index >= 15 is 0 Å². The molecule has 1 N–H and O–H groups in total. The van der Waals surface area contributed by atoms with Gasteiger partial charge in [0.05, 0.1) is 5.92 Å². The third-order valence-corrected chi connectivity index (χ3v) is 4.57. The summed E-state index contributed by atoms with van der Waals surface area (Å²) in [5, 5.41) is 2.96. The molecule has 2 amide bonds. The molecular formula is C20H23N3O2. The van der Waals surface area contributed by atoms with Crippen LogP contribution in [0.3, 0.4) is 0 Å². The number of hydrogen-bond donors (Lipinski definition) is 1. The molecule has 25 heavy (non-hydrogen) atoms. The number of piperidine rings is 1. The predicted molar refractivity (Wildman–Crippen MR) is 95.9 cm³/mol. The summed E-state index contributed by atoms with van der Waals surface area (Å²) >= 11 is 0. The van der Waals surface area contributed by atoms with Gasteiger partial charge in [-0.3, -0.25) is 14.6 Å². The second-order valence-corrected chi connectivity index (χ2v) is 6.54. The zero-order chi connectivity index (χ0) is 17.6. The first-order valence-corrected chi connectivity index (χ1v) is 8.66. The van der Waals surface area contributed by atoms with E-state index in [0.717, 1.165) is 24.0 Å². The van der Waals surface area contributed by atoms with Gasteiger partial charge in [0.15, 0.2) is 0 Å². The number of nitrogens with zero attached hydrogens (tertiary/aromatic N) is 2. The molecule has 3 rings (SSSR count). The Morgan fingerprint density at radius 1 is 1.24 bits per heavy atom. The summed E-state index contributed by atoms with van der Waals surface area (Å²) in [5.74, 6) is -0.144. The van der Waals surface area contributed by atoms with Crippen molar-refractivity contribution in [3.05, 3.63) is 65.5 Å². The zero-order valence-electron chi connectivity index (χ0n) is 14.4. The molecule has 1 fully saturated rings. The van der Waals surface area contributed by atoms with Gasteiger partial charge in [-0.2, -0.15) is 0 Å². The van der Waals surface area contributed by atoms with Crippen molar-refractivity contribution < 1.29 is 9.59 Å². The molecule has 1 aliphatic rings. The molecule has 0 bridgehead atoms. The molecule has 1 aliphatic heterocycles. The van der Waals surface area contributed by atoms with Crippen LogP contribution >= 0.6 is 0 Å². The quantitative estimate of drug-likeness (QED) is 0.933. The van der Waals surface area contributed by atoms with Crippen molar-refractivity contribution in [1.82, 2.24) is 15.2 Å². The van der Waals surface area contributed by atoms with Gasteiger partial charge in [0.2, 0.25) is 5.91 Å². The number of carbonyl (C=O) groups is 2. The number of likely N-dealkylation sites (tertiary alicyclic amines) is 1. The van der Waals surface area contributed by atoms with E-state index in [4.69, 9.17) is 0 Å². The van der Waals surface area contributed by atoms with E-state index in [1.54, 1.807) is 17.3 Å². The van der Waals surface area contributed by atoms with Crippen LogP contribution in [-0.4, -0.2) is 34.8 Å². The molecule has 1 atom stereocenters. The molecule has 2 aromatic rings. The monoisotopic (exact) mass is 337 g/mol. The Labute approximate surface area is 148 Å². The summed E-state index contributed by atoms with van der Waals surface area (Å²) in [5.41, 5.74) is 2.78. The van der Waals surface area contributed by atoms with E-state index in [1.165, 1.54) is 0 Å². The number of aromatic nitrogens is 1. The van der Waals surface area contributed by atoms with E-state index in [1.807, 2.05) is 43.3 Å². The molecular weight excluding hydrogens is 314 g/mol. The SMILES string of the molecule is Cc1ccc(C(=O)N2CCC[C@@H](C(=O)NCc3cccnc3)C2)cc1. The first-order valence-electron chi connectivity index (χ1n) is 8.66. The number of hydrogen-bond acceptors (Lipinski definition) is 3. The number of nitrogens with one attached hydrogen (secondary N) is 1. The Kier molecular flexibility index (Phi) is 5.43. The van der Waals surface area contributed by atoms with Crippen LogP contribution in [0.15, 0.2) is 48.8 Å². The topological polar surface area (TPSA) is 62.3 Å². The highest BCUT2D eigenvalue weighted by molar-refractivity contribution is 5.94. The van der Waals surface area contributed by atoms with Crippen molar-refractivity contribution in [2.75, 3.05) is 13.1 Å². The fourth-order valence-electron chi connectivity index (χ4n) is 3.09. The Bertz CT molecular complexity index is 728. The van der Waals surface area contributed by atoms with Gasteiger partial charge in [0, 0.05) is 37.6 Å². The van der Waals surface area contributed by atoms with Gasteiger partial charge in [-0.1, -0.05) is 23.8 Å². The largest absolute Gasteiger partial charge is 0.352 e. The summed E-state index contributed by atoms with van der Waals surface area (Å²) in [7, 11) is 0. The lowest BCUT2D eigenvalue weighted by Crippen LogP contribution is -2.45. The smallest absolute Gasteiger partial charge is 0.253 e. The lowest BCUT2D eigenvalue weighted by molar-refractivity contribution is -0.126. The van der Waals surface area contributed by atoms with Crippen molar-refractivity contribution in [2.24, 2.45) is 5.92 Å². The lowest BCUT2D eigenvalue weighted by atomic mass is 9.96. The molecule has 0 saturated carbocycles. The van der Waals surface area contributed by atoms with Crippen LogP contribution in [-0.2, 0) is 11.3 Å². The Balaban J connectivity index is 1.57. The molecule has 130 valence electrons. The predicted octanol–water partition coefficient (Wildman–Crippen LogP) is 2.56. The molecule has 1 aromatic carbocycles. The average molecular weight is 337 g/mol. The molecule has 0 radical (unpaired) electrons. The van der Waals surface area contributed by atoms with Crippen LogP contribution < -0.4 is 5.32 Å². The number of carbonyl (C=O) groups excluding carboxylic acids is 2. The van der Waals surface area contributed by atoms with Gasteiger partial charge in [-0.25, -0.2) is 0 Å². The lowest BCUT2D eigenvalue weighted by Gasteiger charge is -2.32. The summed E-state index contributed by atoms with van der Waals surface area (Å²) in [6, 6.07) is 11.4. The van der Waals surface area contributed by atoms with Gasteiger partial charge in [0.1, 0.15) is 0 Å². The fraction of sp³-hybridized carbons (Fsp3) is 0.350. The van der Waals surface area contributed by atoms with Crippen molar-refractivity contribution >= 4 is 11.8 Å². The van der Waals surface area contributed by atoms with Gasteiger partial charge in [0.25, 0.3) is 5.91 Å². The van der Waals surface area contributed by atoms with Crippen LogP contribution in [0.1, 0.15) is 34.3 Å². The third kappa shape index (κ3) is 4.44. The minimum Gasteiger partial charge on any atom is -0.352 e. The average Bonchev–Trinajstić information content (AvgIpc) is 2.67. The minimum absolute atomic E-state index is 0.00441. The van der Waals surface area contributed by atoms with Gasteiger partial charge in [-0.15, -0.1) is 0 Å². The molecule has 2 heterocycles. The zero-order valence-corrected chi connectivity index (χ0v) is 14.4. The fourth-order valence-corrected chi connectivity index (χ4v) is 3.09. The standard InChI is InChI=1S/C20H23N3O2/c1-15-6-8-17(9-7-15)20(25)23-11-3-5-18(14-23)19(24)22-13-16-4-2-10-21-12-16/h2,4,6-10,12,18H,3,5,11,13-14H2,1H3,(H,22,24)/t18-/m1/s1. The first-order chi connectivity index (χ1) is 12.1. The summed E-state index contributed by atoms with van der Waals surface area (Å²) in [6.07, 6.45) is 5.12. The molecule has 5 heteroatoms. The number of aryl methyl sites for hydroxylation is 1. The van der Waals surface area contributed by atoms with E-state index < -0.39 is 0 Å². The Hall–Kier alpha value is -2.69. The third-order valence-electron chi connectivity index (χ3n) is 4.57. The van der Waals surface area contributed by atoms with Crippen LogP contribution in [0, 0.1) is 12.8 Å². The number of amides is 2. The van der Waals surface area contributed by atoms with Crippen molar-refractivity contribution in [3.8, 4) is 0 Å². The molecule has 1 saturated heterocycles. The maximum absolute atomic E-state index is 12.6. The Morgan fingerprint density at radius 3 is 2.76 bits per heavy atom. The summed E-state index contributed by atoms with van der Waals surface area (Å²) in [6.45, 7) is 3.65. The van der Waals surface area contributed by atoms with Gasteiger partial charge < -0.3 is 10.2 Å². The summed E-state index contributed by atoms with van der Waals surface area (Å²) < 4.78 is 0. The molecule has 0 unspecified atom stereocenters. The van der Waals surface area contributed by atoms with Crippen molar-refractivity contribution in [1.29, 1.82) is 0 Å². The number of rotatable bonds is 4. The second-order valence-electron chi connectivity index (χ2n) is 6.54. The highest BCUT2D eigenvalue weighted by Gasteiger charge is 2.28. The van der Waals surface area contributed by atoms with Crippen molar-refractivity contribution in [2.45, 2.75) is 26.3 Å². The first kappa shape index (κ1) is 17.1. The van der Waals surface area contributed by atoms with Gasteiger partial charge in [-0.05, 0) is 43.5 Å². The second kappa shape index (κ2) is 7.92. The molecule has 1 aromatic heterocycles. The van der Waals surface area contributed by atoms with Crippen LogP contribution in [0.5, 0.6) is 0 Å². The highest BCUT2D eigenvalue weighted by atomic mass is 16.2. The van der Waals surface area contributed by atoms with Crippen molar-refractivity contribution in [3.63, 3.8) is 0 Å². The number of pyridine rings is 1. The molecule has 0 spiro atoms. The van der Waals surface area contributed by atoms with E-state index in [-0.39, 0.29) is 17.7 Å². The van der Waals surface area contributed by atoms with Crippen LogP contribution in [0.2, 0.25) is 0 Å². The van der Waals surface area contributed by atoms with E-state index in [9.17, 15) is 9.59 Å². The summed E-state index contributed by atoms with van der Waals surface area (Å²) in [4.78, 5) is 30.9. The van der Waals surface area contributed by atoms with Crippen LogP contribution in [0.4, 0.5) is 0 Å². The maximum Gasteiger partial charge on any atom is 0.253 e. The maximum atomic E-state index is 12.6. The van der Waals surface area contributed by atoms with Crippen LogP contribution in [0.25, 0.3) is 0 Å².